The van der Waals surface area contributed by atoms with Crippen molar-refractivity contribution in [3.8, 4) is 5.75 Å². The van der Waals surface area contributed by atoms with Crippen molar-refractivity contribution in [2.45, 2.75) is 63.8 Å². The first-order valence-electron chi connectivity index (χ1n) is 11.9. The molecule has 1 spiro atoms. The van der Waals surface area contributed by atoms with Crippen molar-refractivity contribution in [2.24, 2.45) is 5.41 Å². The summed E-state index contributed by atoms with van der Waals surface area (Å²) in [6.45, 7) is 3.73. The maximum atomic E-state index is 13.8. The Morgan fingerprint density at radius 2 is 1.71 bits per heavy atom. The molecule has 6 heteroatoms. The zero-order valence-electron chi connectivity index (χ0n) is 18.8. The molecule has 1 aromatic carbocycles. The predicted molar refractivity (Wildman–Crippen MR) is 119 cm³/mol. The van der Waals surface area contributed by atoms with E-state index in [0.717, 1.165) is 62.9 Å². The molecule has 3 fully saturated rings. The van der Waals surface area contributed by atoms with Crippen molar-refractivity contribution in [2.75, 3.05) is 40.0 Å². The third kappa shape index (κ3) is 4.89. The molecule has 3 aliphatic rings. The molecule has 0 N–H and O–H groups in total. The highest BCUT2D eigenvalue weighted by Gasteiger charge is 2.51. The van der Waals surface area contributed by atoms with Gasteiger partial charge in [0.25, 0.3) is 0 Å². The monoisotopic (exact) mass is 428 g/mol. The predicted octanol–water partition coefficient (Wildman–Crippen LogP) is 3.43. The summed E-state index contributed by atoms with van der Waals surface area (Å²) in [5.41, 5.74) is 0.992. The van der Waals surface area contributed by atoms with Gasteiger partial charge in [0.15, 0.2) is 0 Å². The van der Waals surface area contributed by atoms with Gasteiger partial charge in [-0.05, 0) is 69.1 Å². The SMILES string of the molecule is COc1ccc(CCC(=O)N2CCCC3(CCOCC3)C2C(=O)N2CCCCC2)cc1. The first kappa shape index (κ1) is 22.1. The molecule has 3 aliphatic heterocycles. The Bertz CT molecular complexity index is 746. The molecule has 0 saturated carbocycles. The molecule has 4 rings (SSSR count). The minimum Gasteiger partial charge on any atom is -0.497 e. The fourth-order valence-corrected chi connectivity index (χ4v) is 5.64. The van der Waals surface area contributed by atoms with E-state index in [9.17, 15) is 9.59 Å². The summed E-state index contributed by atoms with van der Waals surface area (Å²) in [4.78, 5) is 31.1. The van der Waals surface area contributed by atoms with Crippen LogP contribution in [0.5, 0.6) is 5.75 Å². The van der Waals surface area contributed by atoms with E-state index in [1.807, 2.05) is 34.1 Å². The minimum atomic E-state index is -0.327. The first-order chi connectivity index (χ1) is 15.1. The number of hydrogen-bond donors (Lipinski definition) is 0. The second-order valence-corrected chi connectivity index (χ2v) is 9.30. The van der Waals surface area contributed by atoms with Crippen molar-refractivity contribution < 1.29 is 19.1 Å². The molecule has 1 unspecified atom stereocenters. The Morgan fingerprint density at radius 3 is 2.39 bits per heavy atom. The summed E-state index contributed by atoms with van der Waals surface area (Å²) in [6, 6.07) is 7.56. The third-order valence-corrected chi connectivity index (χ3v) is 7.46. The molecule has 0 bridgehead atoms. The minimum absolute atomic E-state index is 0.108. The van der Waals surface area contributed by atoms with Gasteiger partial charge in [-0.3, -0.25) is 9.59 Å². The molecular weight excluding hydrogens is 392 g/mol. The largest absolute Gasteiger partial charge is 0.497 e. The summed E-state index contributed by atoms with van der Waals surface area (Å²) >= 11 is 0. The van der Waals surface area contributed by atoms with Crippen LogP contribution in [-0.4, -0.2) is 67.6 Å². The summed E-state index contributed by atoms with van der Waals surface area (Å²) in [5.74, 6) is 1.11. The van der Waals surface area contributed by atoms with Gasteiger partial charge in [-0.2, -0.15) is 0 Å². The Morgan fingerprint density at radius 1 is 1.00 bits per heavy atom. The number of amides is 2. The number of carbonyl (C=O) groups excluding carboxylic acids is 2. The Hall–Kier alpha value is -2.08. The van der Waals surface area contributed by atoms with E-state index in [-0.39, 0.29) is 23.3 Å². The highest BCUT2D eigenvalue weighted by Crippen LogP contribution is 2.45. The lowest BCUT2D eigenvalue weighted by atomic mass is 9.67. The molecule has 0 aromatic heterocycles. The second-order valence-electron chi connectivity index (χ2n) is 9.30. The summed E-state index contributed by atoms with van der Waals surface area (Å²) < 4.78 is 10.9. The molecule has 2 amide bonds. The molecule has 1 atom stereocenters. The number of hydrogen-bond acceptors (Lipinski definition) is 4. The van der Waals surface area contributed by atoms with Crippen LogP contribution in [0, 0.1) is 5.41 Å². The van der Waals surface area contributed by atoms with Gasteiger partial charge >= 0.3 is 0 Å². The van der Waals surface area contributed by atoms with Gasteiger partial charge in [-0.1, -0.05) is 12.1 Å². The van der Waals surface area contributed by atoms with Crippen LogP contribution in [0.15, 0.2) is 24.3 Å². The van der Waals surface area contributed by atoms with Gasteiger partial charge in [-0.15, -0.1) is 0 Å². The van der Waals surface area contributed by atoms with Gasteiger partial charge in [0.1, 0.15) is 11.8 Å². The van der Waals surface area contributed by atoms with E-state index in [1.54, 1.807) is 7.11 Å². The van der Waals surface area contributed by atoms with E-state index in [0.29, 0.717) is 32.6 Å². The molecule has 31 heavy (non-hydrogen) atoms. The lowest BCUT2D eigenvalue weighted by Crippen LogP contribution is -2.63. The van der Waals surface area contributed by atoms with Gasteiger partial charge in [0.2, 0.25) is 11.8 Å². The number of aryl methyl sites for hydroxylation is 1. The average molecular weight is 429 g/mol. The van der Waals surface area contributed by atoms with Crippen LogP contribution in [0.2, 0.25) is 0 Å². The fourth-order valence-electron chi connectivity index (χ4n) is 5.64. The van der Waals surface area contributed by atoms with Crippen molar-refractivity contribution in [3.63, 3.8) is 0 Å². The molecular formula is C25H36N2O4. The summed E-state index contributed by atoms with van der Waals surface area (Å²) in [6.07, 6.45) is 8.18. The van der Waals surface area contributed by atoms with Crippen LogP contribution in [0.4, 0.5) is 0 Å². The van der Waals surface area contributed by atoms with Crippen molar-refractivity contribution in [3.05, 3.63) is 29.8 Å². The van der Waals surface area contributed by atoms with Gasteiger partial charge in [0.05, 0.1) is 7.11 Å². The summed E-state index contributed by atoms with van der Waals surface area (Å²) in [7, 11) is 1.65. The average Bonchev–Trinajstić information content (AvgIpc) is 2.83. The Kier molecular flexibility index (Phi) is 7.16. The molecule has 1 aromatic rings. The molecule has 0 aliphatic carbocycles. The molecule has 0 radical (unpaired) electrons. The van der Waals surface area contributed by atoms with E-state index < -0.39 is 0 Å². The van der Waals surface area contributed by atoms with Crippen LogP contribution < -0.4 is 4.74 Å². The van der Waals surface area contributed by atoms with Crippen molar-refractivity contribution >= 4 is 11.8 Å². The van der Waals surface area contributed by atoms with E-state index in [2.05, 4.69) is 0 Å². The maximum Gasteiger partial charge on any atom is 0.245 e. The zero-order chi connectivity index (χ0) is 21.7. The normalized spacial score (nSPS) is 23.6. The highest BCUT2D eigenvalue weighted by molar-refractivity contribution is 5.89. The number of nitrogens with zero attached hydrogens (tertiary/aromatic N) is 2. The van der Waals surface area contributed by atoms with Crippen LogP contribution in [0.3, 0.4) is 0 Å². The molecule has 3 heterocycles. The number of carbonyl (C=O) groups is 2. The lowest BCUT2D eigenvalue weighted by molar-refractivity contribution is -0.161. The molecule has 170 valence electrons. The number of piperidine rings is 2. The fraction of sp³-hybridized carbons (Fsp3) is 0.680. The number of benzene rings is 1. The maximum absolute atomic E-state index is 13.8. The molecule has 6 nitrogen and oxygen atoms in total. The summed E-state index contributed by atoms with van der Waals surface area (Å²) in [5, 5.41) is 0. The van der Waals surface area contributed by atoms with Gasteiger partial charge in [0, 0.05) is 44.7 Å². The molecule has 3 saturated heterocycles. The standard InChI is InChI=1S/C25H36N2O4/c1-30-21-9-6-20(7-10-21)8-11-22(28)27-17-5-12-25(13-18-31-19-14-25)23(27)24(29)26-15-3-2-4-16-26/h6-7,9-10,23H,2-5,8,11-19H2,1H3. The van der Waals surface area contributed by atoms with Crippen LogP contribution in [0.25, 0.3) is 0 Å². The number of methoxy groups -OCH3 is 1. The van der Waals surface area contributed by atoms with E-state index in [4.69, 9.17) is 9.47 Å². The number of rotatable bonds is 5. The third-order valence-electron chi connectivity index (χ3n) is 7.46. The second kappa shape index (κ2) is 10.0. The number of likely N-dealkylation sites (tertiary alicyclic amines) is 2. The smallest absolute Gasteiger partial charge is 0.245 e. The van der Waals surface area contributed by atoms with Crippen LogP contribution in [-0.2, 0) is 20.7 Å². The van der Waals surface area contributed by atoms with Crippen LogP contribution >= 0.6 is 0 Å². The Balaban J connectivity index is 1.51. The highest BCUT2D eigenvalue weighted by atomic mass is 16.5. The lowest BCUT2D eigenvalue weighted by Gasteiger charge is -2.52. The van der Waals surface area contributed by atoms with Crippen LogP contribution in [0.1, 0.15) is 56.9 Å². The zero-order valence-corrected chi connectivity index (χ0v) is 18.8. The van der Waals surface area contributed by atoms with Gasteiger partial charge in [-0.25, -0.2) is 0 Å². The van der Waals surface area contributed by atoms with E-state index >= 15 is 0 Å². The van der Waals surface area contributed by atoms with Gasteiger partial charge < -0.3 is 19.3 Å². The van der Waals surface area contributed by atoms with E-state index in [1.165, 1.54) is 6.42 Å². The first-order valence-corrected chi connectivity index (χ1v) is 11.9. The quantitative estimate of drug-likeness (QED) is 0.721. The van der Waals surface area contributed by atoms with Crippen molar-refractivity contribution in [1.82, 2.24) is 9.80 Å². The Labute approximate surface area is 185 Å². The number of ether oxygens (including phenoxy) is 2. The topological polar surface area (TPSA) is 59.1 Å². The van der Waals surface area contributed by atoms with Crippen molar-refractivity contribution in [1.29, 1.82) is 0 Å².